The molecule has 2 aromatic carbocycles. The molecule has 0 aromatic heterocycles. The zero-order valence-corrected chi connectivity index (χ0v) is 10.3. The maximum absolute atomic E-state index is 6.20. The second kappa shape index (κ2) is 4.56. The Morgan fingerprint density at radius 3 is 2.11 bits per heavy atom. The average molecular weight is 238 g/mol. The van der Waals surface area contributed by atoms with Gasteiger partial charge in [0, 0.05) is 12.1 Å². The van der Waals surface area contributed by atoms with E-state index in [1.165, 1.54) is 22.3 Å². The van der Waals surface area contributed by atoms with Gasteiger partial charge in [0.2, 0.25) is 0 Å². The van der Waals surface area contributed by atoms with E-state index in [9.17, 15) is 0 Å². The van der Waals surface area contributed by atoms with Gasteiger partial charge >= 0.3 is 0 Å². The van der Waals surface area contributed by atoms with Crippen LogP contribution in [-0.2, 0) is 0 Å². The van der Waals surface area contributed by atoms with Crippen LogP contribution in [0.4, 0.5) is 0 Å². The molecule has 0 aliphatic heterocycles. The molecule has 2 atom stereocenters. The van der Waals surface area contributed by atoms with Crippen molar-refractivity contribution in [3.63, 3.8) is 0 Å². The summed E-state index contributed by atoms with van der Waals surface area (Å²) >= 11 is 0. The van der Waals surface area contributed by atoms with Crippen molar-refractivity contribution >= 4 is 0 Å². The molecular formula is C16H18N2. The van der Waals surface area contributed by atoms with E-state index in [1.54, 1.807) is 0 Å². The number of benzene rings is 2. The van der Waals surface area contributed by atoms with Crippen LogP contribution in [0.2, 0.25) is 0 Å². The molecule has 1 aliphatic rings. The summed E-state index contributed by atoms with van der Waals surface area (Å²) in [5, 5.41) is 0. The second-order valence-corrected chi connectivity index (χ2v) is 5.00. The zero-order valence-electron chi connectivity index (χ0n) is 10.3. The van der Waals surface area contributed by atoms with Gasteiger partial charge in [-0.2, -0.15) is 0 Å². The molecule has 0 radical (unpaired) electrons. The molecule has 3 rings (SSSR count). The minimum absolute atomic E-state index is 0.128. The molecule has 0 spiro atoms. The van der Waals surface area contributed by atoms with E-state index in [-0.39, 0.29) is 12.1 Å². The van der Waals surface area contributed by atoms with E-state index < -0.39 is 0 Å². The van der Waals surface area contributed by atoms with Crippen LogP contribution in [0.3, 0.4) is 0 Å². The first kappa shape index (κ1) is 11.5. The van der Waals surface area contributed by atoms with Gasteiger partial charge in [-0.1, -0.05) is 42.5 Å². The summed E-state index contributed by atoms with van der Waals surface area (Å²) in [5.74, 6) is 0. The van der Waals surface area contributed by atoms with E-state index in [0.717, 1.165) is 12.8 Å². The molecule has 2 aromatic rings. The molecule has 2 heteroatoms. The number of hydrogen-bond acceptors (Lipinski definition) is 2. The van der Waals surface area contributed by atoms with Crippen LogP contribution in [0.25, 0.3) is 11.1 Å². The maximum Gasteiger partial charge on any atom is 0.0299 e. The summed E-state index contributed by atoms with van der Waals surface area (Å²) in [6, 6.07) is 17.1. The van der Waals surface area contributed by atoms with Crippen molar-refractivity contribution in [2.75, 3.05) is 0 Å². The van der Waals surface area contributed by atoms with E-state index in [1.807, 2.05) is 6.07 Å². The van der Waals surface area contributed by atoms with Crippen LogP contribution in [0.15, 0.2) is 48.5 Å². The van der Waals surface area contributed by atoms with Gasteiger partial charge in [0.15, 0.2) is 0 Å². The minimum Gasteiger partial charge on any atom is -0.324 e. The van der Waals surface area contributed by atoms with Crippen molar-refractivity contribution in [1.29, 1.82) is 0 Å². The highest BCUT2D eigenvalue weighted by molar-refractivity contribution is 5.65. The van der Waals surface area contributed by atoms with Gasteiger partial charge in [-0.25, -0.2) is 0 Å². The predicted octanol–water partition coefficient (Wildman–Crippen LogP) is 3.15. The lowest BCUT2D eigenvalue weighted by atomic mass is 9.83. The summed E-state index contributed by atoms with van der Waals surface area (Å²) in [6.07, 6.45) is 1.96. The predicted molar refractivity (Wildman–Crippen MR) is 75.0 cm³/mol. The fraction of sp³-hybridized carbons (Fsp3) is 0.250. The van der Waals surface area contributed by atoms with Gasteiger partial charge in [-0.15, -0.1) is 0 Å². The van der Waals surface area contributed by atoms with Crippen molar-refractivity contribution < 1.29 is 0 Å². The fourth-order valence-electron chi connectivity index (χ4n) is 2.71. The molecule has 0 unspecified atom stereocenters. The second-order valence-electron chi connectivity index (χ2n) is 5.00. The average Bonchev–Trinajstić information content (AvgIpc) is 2.44. The Labute approximate surface area is 108 Å². The smallest absolute Gasteiger partial charge is 0.0299 e. The molecule has 0 heterocycles. The third-order valence-corrected chi connectivity index (χ3v) is 3.78. The summed E-state index contributed by atoms with van der Waals surface area (Å²) in [6.45, 7) is 0. The Morgan fingerprint density at radius 1 is 0.722 bits per heavy atom. The van der Waals surface area contributed by atoms with Crippen LogP contribution in [-0.4, -0.2) is 0 Å². The minimum atomic E-state index is 0.128. The quantitative estimate of drug-likeness (QED) is 0.802. The Balaban J connectivity index is 2.08. The lowest BCUT2D eigenvalue weighted by molar-refractivity contribution is 0.501. The molecule has 92 valence electrons. The van der Waals surface area contributed by atoms with Crippen molar-refractivity contribution in [2.45, 2.75) is 24.9 Å². The van der Waals surface area contributed by atoms with E-state index in [0.29, 0.717) is 0 Å². The van der Waals surface area contributed by atoms with Crippen LogP contribution >= 0.6 is 0 Å². The van der Waals surface area contributed by atoms with E-state index in [2.05, 4.69) is 42.5 Å². The SMILES string of the molecule is N[C@@H]1CC[C@H](N)c2cc(-c3ccccc3)ccc21. The highest BCUT2D eigenvalue weighted by atomic mass is 14.7. The van der Waals surface area contributed by atoms with Gasteiger partial charge in [-0.05, 0) is 41.2 Å². The third kappa shape index (κ3) is 1.94. The molecule has 0 fully saturated rings. The standard InChI is InChI=1S/C16H18N2/c17-15-8-9-16(18)14-10-12(6-7-13(14)15)11-4-2-1-3-5-11/h1-7,10,15-16H,8-9,17-18H2/t15-,16+/m1/s1. The highest BCUT2D eigenvalue weighted by Gasteiger charge is 2.22. The summed E-state index contributed by atoms with van der Waals surface area (Å²) < 4.78 is 0. The first-order valence-corrected chi connectivity index (χ1v) is 6.46. The van der Waals surface area contributed by atoms with Gasteiger partial charge in [-0.3, -0.25) is 0 Å². The van der Waals surface area contributed by atoms with Crippen LogP contribution in [0.5, 0.6) is 0 Å². The van der Waals surface area contributed by atoms with E-state index >= 15 is 0 Å². The number of fused-ring (bicyclic) bond motifs is 1. The first-order chi connectivity index (χ1) is 8.75. The third-order valence-electron chi connectivity index (χ3n) is 3.78. The van der Waals surface area contributed by atoms with Crippen molar-refractivity contribution in [2.24, 2.45) is 11.5 Å². The largest absolute Gasteiger partial charge is 0.324 e. The van der Waals surface area contributed by atoms with Crippen LogP contribution in [0.1, 0.15) is 36.1 Å². The highest BCUT2D eigenvalue weighted by Crippen LogP contribution is 2.35. The maximum atomic E-state index is 6.20. The zero-order chi connectivity index (χ0) is 12.5. The molecule has 0 bridgehead atoms. The summed E-state index contributed by atoms with van der Waals surface area (Å²) in [5.41, 5.74) is 17.2. The van der Waals surface area contributed by atoms with Crippen LogP contribution < -0.4 is 11.5 Å². The van der Waals surface area contributed by atoms with Gasteiger partial charge < -0.3 is 11.5 Å². The fourth-order valence-corrected chi connectivity index (χ4v) is 2.71. The topological polar surface area (TPSA) is 52.0 Å². The molecule has 0 amide bonds. The Bertz CT molecular complexity index is 548. The summed E-state index contributed by atoms with van der Waals surface area (Å²) in [4.78, 5) is 0. The lowest BCUT2D eigenvalue weighted by Crippen LogP contribution is -2.24. The molecule has 0 saturated heterocycles. The number of rotatable bonds is 1. The monoisotopic (exact) mass is 238 g/mol. The molecule has 4 N–H and O–H groups in total. The lowest BCUT2D eigenvalue weighted by Gasteiger charge is -2.27. The summed E-state index contributed by atoms with van der Waals surface area (Å²) in [7, 11) is 0. The van der Waals surface area contributed by atoms with Crippen LogP contribution in [0, 0.1) is 0 Å². The van der Waals surface area contributed by atoms with Gasteiger partial charge in [0.05, 0.1) is 0 Å². The molecular weight excluding hydrogens is 220 g/mol. The molecule has 1 aliphatic carbocycles. The van der Waals surface area contributed by atoms with Gasteiger partial charge in [0.25, 0.3) is 0 Å². The molecule has 18 heavy (non-hydrogen) atoms. The Hall–Kier alpha value is -1.64. The van der Waals surface area contributed by atoms with Crippen molar-refractivity contribution in [3.8, 4) is 11.1 Å². The Morgan fingerprint density at radius 2 is 1.39 bits per heavy atom. The first-order valence-electron chi connectivity index (χ1n) is 6.46. The Kier molecular flexibility index (Phi) is 2.90. The number of hydrogen-bond donors (Lipinski definition) is 2. The molecule has 0 saturated carbocycles. The normalized spacial score (nSPS) is 22.6. The van der Waals surface area contributed by atoms with Crippen molar-refractivity contribution in [3.05, 3.63) is 59.7 Å². The van der Waals surface area contributed by atoms with Crippen molar-refractivity contribution in [1.82, 2.24) is 0 Å². The molecule has 2 nitrogen and oxygen atoms in total. The van der Waals surface area contributed by atoms with Gasteiger partial charge in [0.1, 0.15) is 0 Å². The number of nitrogens with two attached hydrogens (primary N) is 2. The van der Waals surface area contributed by atoms with E-state index in [4.69, 9.17) is 11.5 Å².